The van der Waals surface area contributed by atoms with Crippen LogP contribution in [0.5, 0.6) is 0 Å². The normalized spacial score (nSPS) is 12.1. The molecule has 2 aromatic heterocycles. The first-order chi connectivity index (χ1) is 14.8. The van der Waals surface area contributed by atoms with Gasteiger partial charge >= 0.3 is 0 Å². The van der Waals surface area contributed by atoms with Crippen molar-refractivity contribution in [2.24, 2.45) is 14.1 Å². The Labute approximate surface area is 181 Å². The predicted molar refractivity (Wildman–Crippen MR) is 126 cm³/mol. The highest BCUT2D eigenvalue weighted by Gasteiger charge is 2.31. The van der Waals surface area contributed by atoms with Gasteiger partial charge in [0.15, 0.2) is 0 Å². The van der Waals surface area contributed by atoms with Gasteiger partial charge < -0.3 is 4.57 Å². The SMILES string of the molecule is Cc1ccc(S(=O)(=O)N(C)c2c3ccccc3[n+](C)c3c4ccccc4n(C)c23)cc1. The largest absolute Gasteiger partial charge is 0.337 e. The summed E-state index contributed by atoms with van der Waals surface area (Å²) in [5.74, 6) is 0. The van der Waals surface area contributed by atoms with E-state index in [0.29, 0.717) is 5.69 Å². The molecule has 0 unspecified atom stereocenters. The zero-order valence-corrected chi connectivity index (χ0v) is 18.8. The molecule has 0 spiro atoms. The van der Waals surface area contributed by atoms with Gasteiger partial charge in [-0.05, 0) is 37.3 Å². The number of benzene rings is 3. The molecule has 0 N–H and O–H groups in total. The Kier molecular flexibility index (Phi) is 4.31. The maximum atomic E-state index is 13.7. The Morgan fingerprint density at radius 2 is 1.48 bits per heavy atom. The second-order valence-corrected chi connectivity index (χ2v) is 9.95. The van der Waals surface area contributed by atoms with Crippen LogP contribution in [0.3, 0.4) is 0 Å². The summed E-state index contributed by atoms with van der Waals surface area (Å²) in [5.41, 5.74) is 5.65. The molecule has 0 atom stereocenters. The van der Waals surface area contributed by atoms with Crippen LogP contribution in [0.15, 0.2) is 77.7 Å². The minimum atomic E-state index is -3.75. The van der Waals surface area contributed by atoms with E-state index in [9.17, 15) is 8.42 Å². The van der Waals surface area contributed by atoms with Gasteiger partial charge in [0.1, 0.15) is 12.6 Å². The lowest BCUT2D eigenvalue weighted by Crippen LogP contribution is -2.33. The summed E-state index contributed by atoms with van der Waals surface area (Å²) in [5, 5.41) is 1.98. The molecular weight excluding hydrogens is 406 g/mol. The van der Waals surface area contributed by atoms with Gasteiger partial charge in [-0.3, -0.25) is 4.31 Å². The molecule has 156 valence electrons. The monoisotopic (exact) mass is 430 g/mol. The highest BCUT2D eigenvalue weighted by atomic mass is 32.2. The number of hydrogen-bond donors (Lipinski definition) is 0. The van der Waals surface area contributed by atoms with E-state index < -0.39 is 10.0 Å². The molecule has 5 rings (SSSR count). The molecule has 0 aliphatic carbocycles. The number of fused-ring (bicyclic) bond motifs is 4. The Morgan fingerprint density at radius 3 is 2.19 bits per heavy atom. The van der Waals surface area contributed by atoms with Gasteiger partial charge in [-0.1, -0.05) is 42.0 Å². The average molecular weight is 431 g/mol. The summed E-state index contributed by atoms with van der Waals surface area (Å²) in [6.45, 7) is 1.95. The summed E-state index contributed by atoms with van der Waals surface area (Å²) < 4.78 is 33.0. The first-order valence-electron chi connectivity index (χ1n) is 10.2. The van der Waals surface area contributed by atoms with Crippen molar-refractivity contribution >= 4 is 48.5 Å². The fourth-order valence-corrected chi connectivity index (χ4v) is 5.73. The summed E-state index contributed by atoms with van der Waals surface area (Å²) in [7, 11) is 1.93. The number of hydrogen-bond acceptors (Lipinski definition) is 2. The van der Waals surface area contributed by atoms with Crippen molar-refractivity contribution in [1.82, 2.24) is 4.57 Å². The van der Waals surface area contributed by atoms with E-state index in [-0.39, 0.29) is 4.90 Å². The molecule has 0 aliphatic rings. The molecule has 0 radical (unpaired) electrons. The molecule has 0 saturated heterocycles. The smallest absolute Gasteiger partial charge is 0.264 e. The van der Waals surface area contributed by atoms with Crippen molar-refractivity contribution in [2.45, 2.75) is 11.8 Å². The summed E-state index contributed by atoms with van der Waals surface area (Å²) in [6, 6.07) is 23.1. The van der Waals surface area contributed by atoms with Crippen LogP contribution >= 0.6 is 0 Å². The molecule has 0 bridgehead atoms. The molecule has 3 aromatic carbocycles. The number of pyridine rings is 1. The molecule has 0 amide bonds. The summed E-state index contributed by atoms with van der Waals surface area (Å²) >= 11 is 0. The van der Waals surface area contributed by atoms with Crippen molar-refractivity contribution in [2.75, 3.05) is 11.4 Å². The number of aromatic nitrogens is 2. The molecular formula is C25H24N3O2S+. The van der Waals surface area contributed by atoms with E-state index in [1.165, 1.54) is 4.31 Å². The van der Waals surface area contributed by atoms with Crippen LogP contribution in [0.4, 0.5) is 5.69 Å². The van der Waals surface area contributed by atoms with Gasteiger partial charge in [0.2, 0.25) is 11.0 Å². The lowest BCUT2D eigenvalue weighted by Gasteiger charge is -2.22. The zero-order valence-electron chi connectivity index (χ0n) is 18.0. The van der Waals surface area contributed by atoms with E-state index in [2.05, 4.69) is 21.3 Å². The first-order valence-corrected chi connectivity index (χ1v) is 11.6. The van der Waals surface area contributed by atoms with Crippen molar-refractivity contribution in [3.63, 3.8) is 0 Å². The van der Waals surface area contributed by atoms with Crippen LogP contribution in [0.1, 0.15) is 5.56 Å². The number of anilines is 1. The second-order valence-electron chi connectivity index (χ2n) is 7.98. The number of rotatable bonds is 3. The number of aryl methyl sites for hydroxylation is 3. The van der Waals surface area contributed by atoms with Crippen molar-refractivity contribution in [1.29, 1.82) is 0 Å². The minimum Gasteiger partial charge on any atom is -0.337 e. The lowest BCUT2D eigenvalue weighted by molar-refractivity contribution is -0.616. The van der Waals surface area contributed by atoms with Crippen molar-refractivity contribution in [3.8, 4) is 0 Å². The maximum Gasteiger partial charge on any atom is 0.264 e. The van der Waals surface area contributed by atoms with Crippen LogP contribution in [0.25, 0.3) is 32.8 Å². The zero-order chi connectivity index (χ0) is 21.9. The second kappa shape index (κ2) is 6.82. The quantitative estimate of drug-likeness (QED) is 0.397. The van der Waals surface area contributed by atoms with Crippen LogP contribution in [-0.4, -0.2) is 20.0 Å². The van der Waals surface area contributed by atoms with Crippen LogP contribution < -0.4 is 8.87 Å². The first kappa shape index (κ1) is 19.6. The van der Waals surface area contributed by atoms with E-state index in [0.717, 1.165) is 38.4 Å². The topological polar surface area (TPSA) is 46.2 Å². The van der Waals surface area contributed by atoms with Crippen molar-refractivity contribution < 1.29 is 13.0 Å². The third kappa shape index (κ3) is 2.75. The molecule has 0 aliphatic heterocycles. The molecule has 5 aromatic rings. The Hall–Kier alpha value is -3.38. The van der Waals surface area contributed by atoms with E-state index in [1.54, 1.807) is 19.2 Å². The molecule has 0 fully saturated rings. The minimum absolute atomic E-state index is 0.282. The van der Waals surface area contributed by atoms with E-state index >= 15 is 0 Å². The Balaban J connectivity index is 1.94. The van der Waals surface area contributed by atoms with Crippen molar-refractivity contribution in [3.05, 3.63) is 78.4 Å². The van der Waals surface area contributed by atoms with Gasteiger partial charge in [-0.2, -0.15) is 4.57 Å². The van der Waals surface area contributed by atoms with Crippen LogP contribution in [0.2, 0.25) is 0 Å². The molecule has 2 heterocycles. The van der Waals surface area contributed by atoms with Gasteiger partial charge in [0.05, 0.1) is 26.9 Å². The van der Waals surface area contributed by atoms with Crippen LogP contribution in [-0.2, 0) is 24.1 Å². The molecule has 5 nitrogen and oxygen atoms in total. The predicted octanol–water partition coefficient (Wildman–Crippen LogP) is 4.44. The highest BCUT2D eigenvalue weighted by molar-refractivity contribution is 7.92. The van der Waals surface area contributed by atoms with E-state index in [1.807, 2.05) is 69.6 Å². The highest BCUT2D eigenvalue weighted by Crippen LogP contribution is 2.38. The number of para-hydroxylation sites is 2. The van der Waals surface area contributed by atoms with Gasteiger partial charge in [0.25, 0.3) is 10.0 Å². The van der Waals surface area contributed by atoms with Gasteiger partial charge in [-0.25, -0.2) is 8.42 Å². The third-order valence-corrected chi connectivity index (χ3v) is 7.93. The fraction of sp³-hybridized carbons (Fsp3) is 0.160. The number of sulfonamides is 1. The summed E-state index contributed by atoms with van der Waals surface area (Å²) in [6.07, 6.45) is 0. The third-order valence-electron chi connectivity index (χ3n) is 6.15. The Morgan fingerprint density at radius 1 is 0.871 bits per heavy atom. The average Bonchev–Trinajstić information content (AvgIpc) is 3.07. The Bertz CT molecular complexity index is 1580. The van der Waals surface area contributed by atoms with E-state index in [4.69, 9.17) is 0 Å². The fourth-order valence-electron chi connectivity index (χ4n) is 4.51. The maximum absolute atomic E-state index is 13.7. The molecule has 31 heavy (non-hydrogen) atoms. The molecule has 6 heteroatoms. The standard InChI is InChI=1S/C25H24N3O2S/c1-17-13-15-18(16-14-17)31(29,30)28(4)24-20-10-6-8-12-22(20)26(2)23-19-9-5-7-11-21(19)27(3)25(23)24/h5-16H,1-4H3/q+1. The van der Waals surface area contributed by atoms with Gasteiger partial charge in [-0.15, -0.1) is 0 Å². The van der Waals surface area contributed by atoms with Crippen LogP contribution in [0, 0.1) is 6.92 Å². The van der Waals surface area contributed by atoms with Gasteiger partial charge in [0, 0.05) is 20.2 Å². The summed E-state index contributed by atoms with van der Waals surface area (Å²) in [4.78, 5) is 0.282. The molecule has 0 saturated carbocycles. The number of nitrogens with zero attached hydrogens (tertiary/aromatic N) is 3. The lowest BCUT2D eigenvalue weighted by atomic mass is 10.1.